The largest absolute Gasteiger partial charge is 0.494 e. The second kappa shape index (κ2) is 11.4. The maximum atomic E-state index is 12.5. The number of ether oxygens (including phenoxy) is 2. The van der Waals surface area contributed by atoms with E-state index >= 15 is 0 Å². The fraction of sp³-hybridized carbons (Fsp3) is 0.304. The standard InChI is InChI=1S/C23H25N3O5/c1-4-30-19-10-8-17(9-11-19)22(28)26-21(15(2)3)23(29)31-14-20(27)25-18-7-5-6-16(12-18)13-24/h5-12,15,21H,4,14H2,1-3H3,(H,25,27)(H,26,28)/t21-/m0/s1. The van der Waals surface area contributed by atoms with E-state index in [1.54, 1.807) is 56.3 Å². The van der Waals surface area contributed by atoms with E-state index in [1.165, 1.54) is 6.07 Å². The number of nitrogens with one attached hydrogen (secondary N) is 2. The third-order valence-corrected chi connectivity index (χ3v) is 4.26. The first-order valence-corrected chi connectivity index (χ1v) is 9.84. The maximum Gasteiger partial charge on any atom is 0.329 e. The minimum atomic E-state index is -0.922. The lowest BCUT2D eigenvalue weighted by Gasteiger charge is -2.21. The van der Waals surface area contributed by atoms with Crippen LogP contribution in [-0.4, -0.2) is 37.0 Å². The average molecular weight is 423 g/mol. The summed E-state index contributed by atoms with van der Waals surface area (Å²) in [5, 5.41) is 14.1. The Morgan fingerprint density at radius 1 is 1.10 bits per heavy atom. The van der Waals surface area contributed by atoms with Crippen LogP contribution in [0.3, 0.4) is 0 Å². The smallest absolute Gasteiger partial charge is 0.329 e. The quantitative estimate of drug-likeness (QED) is 0.599. The van der Waals surface area contributed by atoms with Crippen LogP contribution in [0.25, 0.3) is 0 Å². The van der Waals surface area contributed by atoms with Gasteiger partial charge in [0.05, 0.1) is 18.2 Å². The molecule has 2 N–H and O–H groups in total. The first-order chi connectivity index (χ1) is 14.8. The van der Waals surface area contributed by atoms with E-state index < -0.39 is 30.4 Å². The molecule has 0 unspecified atom stereocenters. The van der Waals surface area contributed by atoms with Crippen molar-refractivity contribution in [2.24, 2.45) is 5.92 Å². The second-order valence-electron chi connectivity index (χ2n) is 7.00. The van der Waals surface area contributed by atoms with E-state index in [-0.39, 0.29) is 5.92 Å². The Labute approximate surface area is 181 Å². The summed E-state index contributed by atoms with van der Waals surface area (Å²) in [7, 11) is 0. The van der Waals surface area contributed by atoms with Crippen molar-refractivity contribution in [1.29, 1.82) is 5.26 Å². The van der Waals surface area contributed by atoms with Crippen molar-refractivity contribution >= 4 is 23.5 Å². The number of anilines is 1. The summed E-state index contributed by atoms with van der Waals surface area (Å²) in [6.45, 7) is 5.39. The molecule has 0 heterocycles. The molecule has 0 bridgehead atoms. The first kappa shape index (κ1) is 23.4. The molecule has 0 aliphatic heterocycles. The predicted octanol–water partition coefficient (Wildman–Crippen LogP) is 2.89. The van der Waals surface area contributed by atoms with E-state index in [9.17, 15) is 14.4 Å². The SMILES string of the molecule is CCOc1ccc(C(=O)N[C@H](C(=O)OCC(=O)Nc2cccc(C#N)c2)C(C)C)cc1. The van der Waals surface area contributed by atoms with Gasteiger partial charge >= 0.3 is 5.97 Å². The van der Waals surface area contributed by atoms with Crippen molar-refractivity contribution in [2.45, 2.75) is 26.8 Å². The molecule has 0 saturated carbocycles. The highest BCUT2D eigenvalue weighted by atomic mass is 16.5. The zero-order valence-corrected chi connectivity index (χ0v) is 17.7. The van der Waals surface area contributed by atoms with Gasteiger partial charge in [0.15, 0.2) is 6.61 Å². The molecule has 2 aromatic carbocycles. The van der Waals surface area contributed by atoms with Gasteiger partial charge in [-0.15, -0.1) is 0 Å². The van der Waals surface area contributed by atoms with Gasteiger partial charge in [-0.1, -0.05) is 19.9 Å². The van der Waals surface area contributed by atoms with Crippen LogP contribution in [-0.2, 0) is 14.3 Å². The molecule has 2 rings (SSSR count). The highest BCUT2D eigenvalue weighted by molar-refractivity contribution is 5.97. The number of nitriles is 1. The van der Waals surface area contributed by atoms with Gasteiger partial charge in [-0.05, 0) is 55.3 Å². The third-order valence-electron chi connectivity index (χ3n) is 4.26. The number of amides is 2. The predicted molar refractivity (Wildman–Crippen MR) is 114 cm³/mol. The molecule has 0 fully saturated rings. The van der Waals surface area contributed by atoms with Crippen LogP contribution in [0, 0.1) is 17.2 Å². The van der Waals surface area contributed by atoms with E-state index in [1.807, 2.05) is 13.0 Å². The summed E-state index contributed by atoms with van der Waals surface area (Å²) in [6.07, 6.45) is 0. The molecule has 0 aliphatic carbocycles. The lowest BCUT2D eigenvalue weighted by atomic mass is 10.0. The molecule has 0 saturated heterocycles. The van der Waals surface area contributed by atoms with Crippen LogP contribution in [0.4, 0.5) is 5.69 Å². The number of hydrogen-bond donors (Lipinski definition) is 2. The van der Waals surface area contributed by atoms with Crippen LogP contribution in [0.5, 0.6) is 5.75 Å². The monoisotopic (exact) mass is 423 g/mol. The number of hydrogen-bond acceptors (Lipinski definition) is 6. The molecule has 162 valence electrons. The molecule has 0 radical (unpaired) electrons. The number of esters is 1. The van der Waals surface area contributed by atoms with E-state index in [0.717, 1.165) is 0 Å². The molecule has 2 amide bonds. The van der Waals surface area contributed by atoms with Crippen molar-refractivity contribution in [3.05, 3.63) is 59.7 Å². The Bertz CT molecular complexity index is 964. The summed E-state index contributed by atoms with van der Waals surface area (Å²) in [4.78, 5) is 37.0. The van der Waals surface area contributed by atoms with E-state index in [2.05, 4.69) is 10.6 Å². The van der Waals surface area contributed by atoms with Crippen molar-refractivity contribution < 1.29 is 23.9 Å². The van der Waals surface area contributed by atoms with Gasteiger partial charge < -0.3 is 20.1 Å². The summed E-state index contributed by atoms with van der Waals surface area (Å²) in [6, 6.07) is 14.0. The van der Waals surface area contributed by atoms with Crippen molar-refractivity contribution in [2.75, 3.05) is 18.5 Å². The molecule has 0 aromatic heterocycles. The molecule has 0 spiro atoms. The van der Waals surface area contributed by atoms with Crippen LogP contribution < -0.4 is 15.4 Å². The number of benzene rings is 2. The molecular weight excluding hydrogens is 398 g/mol. The lowest BCUT2D eigenvalue weighted by molar-refractivity contribution is -0.150. The molecule has 1 atom stereocenters. The minimum absolute atomic E-state index is 0.255. The van der Waals surface area contributed by atoms with Crippen molar-refractivity contribution in [1.82, 2.24) is 5.32 Å². The number of carbonyl (C=O) groups is 3. The van der Waals surface area contributed by atoms with E-state index in [4.69, 9.17) is 14.7 Å². The Balaban J connectivity index is 1.93. The fourth-order valence-corrected chi connectivity index (χ4v) is 2.68. The van der Waals surface area contributed by atoms with Gasteiger partial charge in [-0.3, -0.25) is 9.59 Å². The van der Waals surface area contributed by atoms with Gasteiger partial charge in [-0.2, -0.15) is 5.26 Å². The molecule has 31 heavy (non-hydrogen) atoms. The average Bonchev–Trinajstić information content (AvgIpc) is 2.76. The Hall–Kier alpha value is -3.86. The van der Waals surface area contributed by atoms with E-state index in [0.29, 0.717) is 29.2 Å². The van der Waals surface area contributed by atoms with Gasteiger partial charge in [0.25, 0.3) is 11.8 Å². The molecular formula is C23H25N3O5. The zero-order chi connectivity index (χ0) is 22.8. The van der Waals surface area contributed by atoms with Crippen LogP contribution >= 0.6 is 0 Å². The highest BCUT2D eigenvalue weighted by Crippen LogP contribution is 2.13. The summed E-state index contributed by atoms with van der Waals surface area (Å²) >= 11 is 0. The highest BCUT2D eigenvalue weighted by Gasteiger charge is 2.26. The second-order valence-corrected chi connectivity index (χ2v) is 7.00. The van der Waals surface area contributed by atoms with Gasteiger partial charge in [-0.25, -0.2) is 4.79 Å². The summed E-state index contributed by atoms with van der Waals surface area (Å²) in [5.41, 5.74) is 1.19. The minimum Gasteiger partial charge on any atom is -0.494 e. The Morgan fingerprint density at radius 2 is 1.81 bits per heavy atom. The molecule has 0 aliphatic rings. The Morgan fingerprint density at radius 3 is 2.42 bits per heavy atom. The Kier molecular flexibility index (Phi) is 8.58. The maximum absolute atomic E-state index is 12.5. The number of carbonyl (C=O) groups excluding carboxylic acids is 3. The van der Waals surface area contributed by atoms with Gasteiger partial charge in [0.1, 0.15) is 11.8 Å². The van der Waals surface area contributed by atoms with Gasteiger partial charge in [0, 0.05) is 11.3 Å². The fourth-order valence-electron chi connectivity index (χ4n) is 2.68. The summed E-state index contributed by atoms with van der Waals surface area (Å²) in [5.74, 6) is -1.31. The van der Waals surface area contributed by atoms with Crippen molar-refractivity contribution in [3.63, 3.8) is 0 Å². The first-order valence-electron chi connectivity index (χ1n) is 9.84. The lowest BCUT2D eigenvalue weighted by Crippen LogP contribution is -2.45. The van der Waals surface area contributed by atoms with Crippen LogP contribution in [0.1, 0.15) is 36.7 Å². The van der Waals surface area contributed by atoms with Crippen LogP contribution in [0.15, 0.2) is 48.5 Å². The molecule has 8 nitrogen and oxygen atoms in total. The van der Waals surface area contributed by atoms with Gasteiger partial charge in [0.2, 0.25) is 0 Å². The van der Waals surface area contributed by atoms with Crippen LogP contribution in [0.2, 0.25) is 0 Å². The number of nitrogens with zero attached hydrogens (tertiary/aromatic N) is 1. The normalized spacial score (nSPS) is 11.2. The number of rotatable bonds is 9. The zero-order valence-electron chi connectivity index (χ0n) is 17.7. The topological polar surface area (TPSA) is 118 Å². The molecule has 8 heteroatoms. The summed E-state index contributed by atoms with van der Waals surface area (Å²) < 4.78 is 10.4. The molecule has 2 aromatic rings. The third kappa shape index (κ3) is 7.16. The van der Waals surface area contributed by atoms with Crippen molar-refractivity contribution in [3.8, 4) is 11.8 Å².